The summed E-state index contributed by atoms with van der Waals surface area (Å²) in [6, 6.07) is 10.7. The van der Waals surface area contributed by atoms with Crippen LogP contribution in [-0.4, -0.2) is 31.7 Å². The van der Waals surface area contributed by atoms with Crippen LogP contribution in [0.5, 0.6) is 0 Å². The molecule has 7 heteroatoms. The first-order valence-electron chi connectivity index (χ1n) is 9.41. The summed E-state index contributed by atoms with van der Waals surface area (Å²) in [6.07, 6.45) is 5.72. The standard InChI is InChI=1S/C20H26FN3O2S/c1-2-27(25,26)23-13-15-6-9-19(10-7-15)24-20-11-8-17(14-22-20)16-4-3-5-18(21)12-16/h3-5,8,11-12,14-15,19,23H,2,6-7,9-10,13H2,1H3,(H,22,24)/t15-,19-. The van der Waals surface area contributed by atoms with Crippen molar-refractivity contribution < 1.29 is 12.8 Å². The molecule has 0 saturated heterocycles. The van der Waals surface area contributed by atoms with Gasteiger partial charge in [0.25, 0.3) is 0 Å². The van der Waals surface area contributed by atoms with Gasteiger partial charge in [0.15, 0.2) is 0 Å². The fourth-order valence-corrected chi connectivity index (χ4v) is 4.08. The Morgan fingerprint density at radius 3 is 2.52 bits per heavy atom. The number of hydrogen-bond donors (Lipinski definition) is 2. The van der Waals surface area contributed by atoms with Crippen LogP contribution in [0.15, 0.2) is 42.6 Å². The monoisotopic (exact) mass is 391 g/mol. The van der Waals surface area contributed by atoms with Crippen molar-refractivity contribution in [1.29, 1.82) is 0 Å². The Hall–Kier alpha value is -1.99. The smallest absolute Gasteiger partial charge is 0.211 e. The van der Waals surface area contributed by atoms with Crippen LogP contribution < -0.4 is 10.0 Å². The van der Waals surface area contributed by atoms with Crippen LogP contribution in [0.1, 0.15) is 32.6 Å². The maximum atomic E-state index is 13.3. The third-order valence-corrected chi connectivity index (χ3v) is 6.46. The second-order valence-corrected chi connectivity index (χ2v) is 9.15. The van der Waals surface area contributed by atoms with E-state index in [-0.39, 0.29) is 11.6 Å². The zero-order chi connectivity index (χ0) is 19.3. The van der Waals surface area contributed by atoms with E-state index in [4.69, 9.17) is 0 Å². The summed E-state index contributed by atoms with van der Waals surface area (Å²) < 4.78 is 39.1. The molecular weight excluding hydrogens is 365 g/mol. The number of anilines is 1. The average molecular weight is 392 g/mol. The number of nitrogens with zero attached hydrogens (tertiary/aromatic N) is 1. The van der Waals surface area contributed by atoms with Crippen LogP contribution in [0.25, 0.3) is 11.1 Å². The summed E-state index contributed by atoms with van der Waals surface area (Å²) >= 11 is 0. The highest BCUT2D eigenvalue weighted by molar-refractivity contribution is 7.89. The number of rotatable bonds is 7. The Morgan fingerprint density at radius 2 is 1.89 bits per heavy atom. The van der Waals surface area contributed by atoms with Gasteiger partial charge in [0, 0.05) is 24.3 Å². The highest BCUT2D eigenvalue weighted by Gasteiger charge is 2.22. The van der Waals surface area contributed by atoms with E-state index in [0.717, 1.165) is 42.6 Å². The molecule has 2 aromatic rings. The zero-order valence-electron chi connectivity index (χ0n) is 15.5. The van der Waals surface area contributed by atoms with Gasteiger partial charge in [-0.15, -0.1) is 0 Å². The number of aromatic nitrogens is 1. The number of hydrogen-bond acceptors (Lipinski definition) is 4. The predicted octanol–water partition coefficient (Wildman–Crippen LogP) is 3.80. The van der Waals surface area contributed by atoms with Gasteiger partial charge in [-0.3, -0.25) is 0 Å². The molecule has 0 atom stereocenters. The van der Waals surface area contributed by atoms with E-state index >= 15 is 0 Å². The lowest BCUT2D eigenvalue weighted by molar-refractivity contribution is 0.337. The van der Waals surface area contributed by atoms with Gasteiger partial charge in [-0.2, -0.15) is 0 Å². The van der Waals surface area contributed by atoms with Crippen LogP contribution in [0.2, 0.25) is 0 Å². The fraction of sp³-hybridized carbons (Fsp3) is 0.450. The predicted molar refractivity (Wildman–Crippen MR) is 106 cm³/mol. The first-order valence-corrected chi connectivity index (χ1v) is 11.1. The molecule has 5 nitrogen and oxygen atoms in total. The van der Waals surface area contributed by atoms with Crippen molar-refractivity contribution in [1.82, 2.24) is 9.71 Å². The van der Waals surface area contributed by atoms with Crippen LogP contribution in [0.3, 0.4) is 0 Å². The van der Waals surface area contributed by atoms with Gasteiger partial charge in [0.05, 0.1) is 5.75 Å². The molecule has 1 aromatic heterocycles. The van der Waals surface area contributed by atoms with Crippen LogP contribution >= 0.6 is 0 Å². The van der Waals surface area contributed by atoms with Crippen LogP contribution in [0.4, 0.5) is 10.2 Å². The molecule has 0 spiro atoms. The Bertz CT molecular complexity index is 848. The van der Waals surface area contributed by atoms with Crippen molar-refractivity contribution in [2.24, 2.45) is 5.92 Å². The number of nitrogens with one attached hydrogen (secondary N) is 2. The van der Waals surface area contributed by atoms with Gasteiger partial charge in [-0.05, 0) is 68.4 Å². The molecule has 1 saturated carbocycles. The SMILES string of the molecule is CCS(=O)(=O)NC[C@H]1CC[C@H](Nc2ccc(-c3cccc(F)c3)cn2)CC1. The van der Waals surface area contributed by atoms with E-state index in [1.165, 1.54) is 12.1 Å². The van der Waals surface area contributed by atoms with E-state index < -0.39 is 10.0 Å². The Labute approximate surface area is 160 Å². The second-order valence-electron chi connectivity index (χ2n) is 7.06. The summed E-state index contributed by atoms with van der Waals surface area (Å²) in [5.74, 6) is 1.08. The topological polar surface area (TPSA) is 71.1 Å². The molecule has 2 N–H and O–H groups in total. The van der Waals surface area contributed by atoms with E-state index in [0.29, 0.717) is 18.5 Å². The maximum absolute atomic E-state index is 13.3. The van der Waals surface area contributed by atoms with Gasteiger partial charge >= 0.3 is 0 Å². The summed E-state index contributed by atoms with van der Waals surface area (Å²) in [7, 11) is -3.11. The normalized spacial score (nSPS) is 20.4. The summed E-state index contributed by atoms with van der Waals surface area (Å²) in [6.45, 7) is 2.18. The molecule has 1 heterocycles. The number of benzene rings is 1. The van der Waals surface area contributed by atoms with Crippen molar-refractivity contribution in [3.8, 4) is 11.1 Å². The average Bonchev–Trinajstić information content (AvgIpc) is 2.68. The molecule has 0 aliphatic heterocycles. The van der Waals surface area contributed by atoms with Crippen molar-refractivity contribution in [3.05, 3.63) is 48.4 Å². The minimum absolute atomic E-state index is 0.126. The molecule has 1 aliphatic carbocycles. The van der Waals surface area contributed by atoms with E-state index in [1.54, 1.807) is 19.2 Å². The molecular formula is C20H26FN3O2S. The van der Waals surface area contributed by atoms with Crippen LogP contribution in [-0.2, 0) is 10.0 Å². The molecule has 146 valence electrons. The maximum Gasteiger partial charge on any atom is 0.211 e. The van der Waals surface area contributed by atoms with Crippen molar-refractivity contribution in [3.63, 3.8) is 0 Å². The second kappa shape index (κ2) is 8.80. The Morgan fingerprint density at radius 1 is 1.11 bits per heavy atom. The highest BCUT2D eigenvalue weighted by atomic mass is 32.2. The Balaban J connectivity index is 1.49. The molecule has 0 amide bonds. The summed E-state index contributed by atoms with van der Waals surface area (Å²) in [4.78, 5) is 4.45. The van der Waals surface area contributed by atoms with Crippen LogP contribution in [0, 0.1) is 11.7 Å². The fourth-order valence-electron chi connectivity index (χ4n) is 3.38. The van der Waals surface area contributed by atoms with E-state index in [9.17, 15) is 12.8 Å². The van der Waals surface area contributed by atoms with Gasteiger partial charge in [0.2, 0.25) is 10.0 Å². The van der Waals surface area contributed by atoms with Crippen molar-refractivity contribution >= 4 is 15.8 Å². The van der Waals surface area contributed by atoms with Gasteiger partial charge < -0.3 is 5.32 Å². The largest absolute Gasteiger partial charge is 0.367 e. The molecule has 0 bridgehead atoms. The molecule has 3 rings (SSSR count). The van der Waals surface area contributed by atoms with Crippen molar-refractivity contribution in [2.45, 2.75) is 38.6 Å². The molecule has 1 fully saturated rings. The first-order chi connectivity index (χ1) is 12.9. The van der Waals surface area contributed by atoms with Crippen molar-refractivity contribution in [2.75, 3.05) is 17.6 Å². The lowest BCUT2D eigenvalue weighted by Crippen LogP contribution is -2.34. The number of sulfonamides is 1. The lowest BCUT2D eigenvalue weighted by atomic mass is 9.86. The van der Waals surface area contributed by atoms with Gasteiger partial charge in [-0.1, -0.05) is 12.1 Å². The quantitative estimate of drug-likeness (QED) is 0.753. The minimum Gasteiger partial charge on any atom is -0.367 e. The third kappa shape index (κ3) is 5.74. The number of pyridine rings is 1. The van der Waals surface area contributed by atoms with E-state index in [2.05, 4.69) is 15.0 Å². The third-order valence-electron chi connectivity index (χ3n) is 5.09. The summed E-state index contributed by atoms with van der Waals surface area (Å²) in [5, 5.41) is 3.45. The lowest BCUT2D eigenvalue weighted by Gasteiger charge is -2.29. The summed E-state index contributed by atoms with van der Waals surface area (Å²) in [5.41, 5.74) is 1.69. The molecule has 0 unspecified atom stereocenters. The first kappa shape index (κ1) is 19.8. The number of halogens is 1. The zero-order valence-corrected chi connectivity index (χ0v) is 16.3. The molecule has 1 aliphatic rings. The van der Waals surface area contributed by atoms with Gasteiger partial charge in [-0.25, -0.2) is 22.5 Å². The molecule has 1 aromatic carbocycles. The molecule has 27 heavy (non-hydrogen) atoms. The van der Waals surface area contributed by atoms with Gasteiger partial charge in [0.1, 0.15) is 11.6 Å². The highest BCUT2D eigenvalue weighted by Crippen LogP contribution is 2.27. The Kier molecular flexibility index (Phi) is 6.44. The van der Waals surface area contributed by atoms with E-state index in [1.807, 2.05) is 18.2 Å². The molecule has 0 radical (unpaired) electrons. The minimum atomic E-state index is -3.11.